The summed E-state index contributed by atoms with van der Waals surface area (Å²) in [4.78, 5) is 18.0. The van der Waals surface area contributed by atoms with E-state index in [1.54, 1.807) is 53.4 Å². The largest absolute Gasteiger partial charge is 0.496 e. The fourth-order valence-electron chi connectivity index (χ4n) is 3.07. The summed E-state index contributed by atoms with van der Waals surface area (Å²) in [6, 6.07) is 11.4. The number of hydrogen-bond donors (Lipinski definition) is 2. The molecule has 168 valence electrons. The molecular weight excluding hydrogens is 396 g/mol. The van der Waals surface area contributed by atoms with Gasteiger partial charge in [0, 0.05) is 51.4 Å². The summed E-state index contributed by atoms with van der Waals surface area (Å²) in [5.74, 6) is 2.60. The van der Waals surface area contributed by atoms with Crippen LogP contribution in [0.25, 0.3) is 0 Å². The highest BCUT2D eigenvalue weighted by Gasteiger charge is 2.12. The summed E-state index contributed by atoms with van der Waals surface area (Å²) in [5.41, 5.74) is 2.68. The summed E-state index contributed by atoms with van der Waals surface area (Å²) < 4.78 is 16.2. The maximum Gasteiger partial charge on any atom is 0.253 e. The van der Waals surface area contributed by atoms with Gasteiger partial charge in [-0.2, -0.15) is 0 Å². The van der Waals surface area contributed by atoms with E-state index in [9.17, 15) is 4.79 Å². The van der Waals surface area contributed by atoms with Gasteiger partial charge in [0.1, 0.15) is 5.75 Å². The minimum atomic E-state index is -0.00356. The molecule has 0 bridgehead atoms. The molecule has 31 heavy (non-hydrogen) atoms. The molecule has 0 fully saturated rings. The fraction of sp³-hybridized carbons (Fsp3) is 0.391. The van der Waals surface area contributed by atoms with Gasteiger partial charge in [-0.15, -0.1) is 0 Å². The van der Waals surface area contributed by atoms with Crippen LogP contribution in [0.5, 0.6) is 17.2 Å². The van der Waals surface area contributed by atoms with Crippen LogP contribution in [0.1, 0.15) is 21.5 Å². The number of nitrogens with one attached hydrogen (secondary N) is 2. The zero-order valence-corrected chi connectivity index (χ0v) is 19.1. The average Bonchev–Trinajstić information content (AvgIpc) is 2.80. The Balaban J connectivity index is 1.96. The average molecular weight is 429 g/mol. The Hall–Kier alpha value is -3.42. The molecule has 0 saturated carbocycles. The highest BCUT2D eigenvalue weighted by Crippen LogP contribution is 2.34. The third kappa shape index (κ3) is 6.53. The van der Waals surface area contributed by atoms with Crippen LogP contribution in [0.4, 0.5) is 0 Å². The monoisotopic (exact) mass is 428 g/mol. The van der Waals surface area contributed by atoms with Gasteiger partial charge in [0.05, 0.1) is 21.3 Å². The molecular formula is C23H32N4O4. The standard InChI is InChI=1S/C23H32N4O4/c1-24-23(25-11-10-16-8-7-9-17(12-16)22(28)27(2)3)26-15-18-13-20(30-5)21(31-6)14-19(18)29-4/h7-9,12-14H,10-11,15H2,1-6H3,(H2,24,25,26). The molecule has 0 heterocycles. The molecule has 0 spiro atoms. The SMILES string of the molecule is CN=C(NCCc1cccc(C(=O)N(C)C)c1)NCc1cc(OC)c(OC)cc1OC. The number of benzene rings is 2. The minimum absolute atomic E-state index is 0.00356. The Kier molecular flexibility index (Phi) is 8.99. The number of ether oxygens (including phenoxy) is 3. The number of aliphatic imine (C=N–C) groups is 1. The zero-order chi connectivity index (χ0) is 22.8. The van der Waals surface area contributed by atoms with E-state index >= 15 is 0 Å². The fourth-order valence-corrected chi connectivity index (χ4v) is 3.07. The predicted molar refractivity (Wildman–Crippen MR) is 122 cm³/mol. The summed E-state index contributed by atoms with van der Waals surface area (Å²) in [6.07, 6.45) is 0.759. The molecule has 0 radical (unpaired) electrons. The lowest BCUT2D eigenvalue weighted by molar-refractivity contribution is 0.0827. The lowest BCUT2D eigenvalue weighted by Crippen LogP contribution is -2.38. The number of rotatable bonds is 9. The van der Waals surface area contributed by atoms with Gasteiger partial charge in [-0.3, -0.25) is 9.79 Å². The van der Waals surface area contributed by atoms with E-state index in [2.05, 4.69) is 15.6 Å². The summed E-state index contributed by atoms with van der Waals surface area (Å²) in [6.45, 7) is 1.17. The van der Waals surface area contributed by atoms with Crippen LogP contribution in [0.3, 0.4) is 0 Å². The van der Waals surface area contributed by atoms with Gasteiger partial charge in [-0.25, -0.2) is 0 Å². The predicted octanol–water partition coefficient (Wildman–Crippen LogP) is 2.32. The molecule has 2 aromatic carbocycles. The Labute approximate surface area is 184 Å². The number of guanidine groups is 1. The zero-order valence-electron chi connectivity index (χ0n) is 19.1. The van der Waals surface area contributed by atoms with Gasteiger partial charge in [0.25, 0.3) is 5.91 Å². The molecule has 1 amide bonds. The van der Waals surface area contributed by atoms with Crippen LogP contribution < -0.4 is 24.8 Å². The molecule has 2 rings (SSSR count). The summed E-state index contributed by atoms with van der Waals surface area (Å²) in [5, 5.41) is 6.58. The Morgan fingerprint density at radius 1 is 0.968 bits per heavy atom. The van der Waals surface area contributed by atoms with Crippen molar-refractivity contribution < 1.29 is 19.0 Å². The maximum absolute atomic E-state index is 12.1. The van der Waals surface area contributed by atoms with Crippen molar-refractivity contribution in [1.29, 1.82) is 0 Å². The maximum atomic E-state index is 12.1. The van der Waals surface area contributed by atoms with Crippen molar-refractivity contribution in [3.05, 3.63) is 53.1 Å². The van der Waals surface area contributed by atoms with Gasteiger partial charge in [0.2, 0.25) is 0 Å². The number of carbonyl (C=O) groups is 1. The molecule has 2 aromatic rings. The lowest BCUT2D eigenvalue weighted by atomic mass is 10.1. The molecule has 8 nitrogen and oxygen atoms in total. The van der Waals surface area contributed by atoms with Crippen molar-refractivity contribution in [2.75, 3.05) is 49.0 Å². The van der Waals surface area contributed by atoms with Crippen molar-refractivity contribution in [2.24, 2.45) is 4.99 Å². The number of amides is 1. The second-order valence-electron chi connectivity index (χ2n) is 7.02. The first kappa shape index (κ1) is 23.9. The van der Waals surface area contributed by atoms with E-state index < -0.39 is 0 Å². The van der Waals surface area contributed by atoms with Gasteiger partial charge in [-0.1, -0.05) is 12.1 Å². The molecule has 0 saturated heterocycles. The van der Waals surface area contributed by atoms with Crippen molar-refractivity contribution in [3.63, 3.8) is 0 Å². The third-order valence-corrected chi connectivity index (χ3v) is 4.74. The smallest absolute Gasteiger partial charge is 0.253 e. The van der Waals surface area contributed by atoms with Crippen LogP contribution >= 0.6 is 0 Å². The number of carbonyl (C=O) groups excluding carboxylic acids is 1. The first-order valence-electron chi connectivity index (χ1n) is 9.97. The van der Waals surface area contributed by atoms with Crippen LogP contribution in [-0.4, -0.2) is 65.8 Å². The first-order chi connectivity index (χ1) is 14.9. The number of hydrogen-bond acceptors (Lipinski definition) is 5. The molecule has 0 atom stereocenters. The summed E-state index contributed by atoms with van der Waals surface area (Å²) >= 11 is 0. The van der Waals surface area contributed by atoms with E-state index in [1.165, 1.54) is 0 Å². The van der Waals surface area contributed by atoms with Crippen molar-refractivity contribution in [3.8, 4) is 17.2 Å². The topological polar surface area (TPSA) is 84.4 Å². The third-order valence-electron chi connectivity index (χ3n) is 4.74. The molecule has 0 aliphatic rings. The lowest BCUT2D eigenvalue weighted by Gasteiger charge is -2.16. The van der Waals surface area contributed by atoms with Gasteiger partial charge < -0.3 is 29.7 Å². The second kappa shape index (κ2) is 11.7. The van der Waals surface area contributed by atoms with Gasteiger partial charge >= 0.3 is 0 Å². The molecule has 8 heteroatoms. The van der Waals surface area contributed by atoms with E-state index in [0.29, 0.717) is 41.9 Å². The van der Waals surface area contributed by atoms with Gasteiger partial charge in [-0.05, 0) is 30.2 Å². The molecule has 0 unspecified atom stereocenters. The van der Waals surface area contributed by atoms with E-state index in [1.807, 2.05) is 30.3 Å². The quantitative estimate of drug-likeness (QED) is 0.471. The molecule has 0 aliphatic heterocycles. The van der Waals surface area contributed by atoms with Crippen LogP contribution in [0.2, 0.25) is 0 Å². The van der Waals surface area contributed by atoms with E-state index in [-0.39, 0.29) is 5.91 Å². The summed E-state index contributed by atoms with van der Waals surface area (Å²) in [7, 11) is 10.0. The highest BCUT2D eigenvalue weighted by molar-refractivity contribution is 5.94. The van der Waals surface area contributed by atoms with Crippen molar-refractivity contribution in [2.45, 2.75) is 13.0 Å². The Morgan fingerprint density at radius 3 is 2.26 bits per heavy atom. The minimum Gasteiger partial charge on any atom is -0.496 e. The van der Waals surface area contributed by atoms with Gasteiger partial charge in [0.15, 0.2) is 17.5 Å². The van der Waals surface area contributed by atoms with E-state index in [4.69, 9.17) is 14.2 Å². The van der Waals surface area contributed by atoms with E-state index in [0.717, 1.165) is 17.5 Å². The number of methoxy groups -OCH3 is 3. The van der Waals surface area contributed by atoms with Crippen molar-refractivity contribution in [1.82, 2.24) is 15.5 Å². The number of nitrogens with zero attached hydrogens (tertiary/aromatic N) is 2. The highest BCUT2D eigenvalue weighted by atomic mass is 16.5. The van der Waals surface area contributed by atoms with Crippen molar-refractivity contribution >= 4 is 11.9 Å². The van der Waals surface area contributed by atoms with Crippen LogP contribution in [-0.2, 0) is 13.0 Å². The Morgan fingerprint density at radius 2 is 1.65 bits per heavy atom. The second-order valence-corrected chi connectivity index (χ2v) is 7.02. The normalized spacial score (nSPS) is 11.0. The van der Waals surface area contributed by atoms with Crippen LogP contribution in [0, 0.1) is 0 Å². The van der Waals surface area contributed by atoms with Crippen LogP contribution in [0.15, 0.2) is 41.4 Å². The molecule has 2 N–H and O–H groups in total. The molecule has 0 aliphatic carbocycles. The first-order valence-corrected chi connectivity index (χ1v) is 9.97. The Bertz CT molecular complexity index is 912. The molecule has 0 aromatic heterocycles.